The Kier molecular flexibility index (Phi) is 13.8. The summed E-state index contributed by atoms with van der Waals surface area (Å²) in [5.74, 6) is 1.88. The highest BCUT2D eigenvalue weighted by Crippen LogP contribution is 2.21. The van der Waals surface area contributed by atoms with Crippen molar-refractivity contribution in [1.29, 1.82) is 4.78 Å². The highest BCUT2D eigenvalue weighted by atomic mass is 35.5. The molecular weight excluding hydrogens is 476 g/mol. The van der Waals surface area contributed by atoms with Crippen molar-refractivity contribution in [3.8, 4) is 5.75 Å². The molecule has 0 unspecified atom stereocenters. The zero-order valence-corrected chi connectivity index (χ0v) is 21.7. The summed E-state index contributed by atoms with van der Waals surface area (Å²) in [5.41, 5.74) is 2.80. The number of unbranched alkanes of at least 4 members (excludes halogenated alkanes) is 1. The molecule has 1 heterocycles. The van der Waals surface area contributed by atoms with Crippen LogP contribution in [0.4, 0.5) is 0 Å². The van der Waals surface area contributed by atoms with Crippen molar-refractivity contribution < 1.29 is 22.4 Å². The molecule has 3 aromatic rings. The van der Waals surface area contributed by atoms with Crippen molar-refractivity contribution in [2.24, 2.45) is 0 Å². The zero-order valence-electron chi connectivity index (χ0n) is 20.1. The molecule has 3 rings (SSSR count). The highest BCUT2D eigenvalue weighted by molar-refractivity contribution is 7.60. The largest absolute Gasteiger partial charge is 0.494 e. The maximum Gasteiger partial charge on any atom is 0.308 e. The Morgan fingerprint density at radius 3 is 2.29 bits per heavy atom. The Labute approximate surface area is 208 Å². The van der Waals surface area contributed by atoms with Crippen molar-refractivity contribution in [2.45, 2.75) is 39.5 Å². The molecule has 0 saturated heterocycles. The van der Waals surface area contributed by atoms with Crippen LogP contribution in [-0.2, 0) is 16.9 Å². The second kappa shape index (κ2) is 16.0. The fourth-order valence-electron chi connectivity index (χ4n) is 2.94. The number of benzene rings is 2. The van der Waals surface area contributed by atoms with Crippen molar-refractivity contribution in [2.75, 3.05) is 27.2 Å². The van der Waals surface area contributed by atoms with E-state index < -0.39 is 15.7 Å². The van der Waals surface area contributed by atoms with Gasteiger partial charge in [0.1, 0.15) is 17.1 Å². The minimum atomic E-state index is -2.61. The first-order valence-electron chi connectivity index (χ1n) is 11.0. The van der Waals surface area contributed by atoms with Gasteiger partial charge in [-0.25, -0.2) is 0 Å². The van der Waals surface area contributed by atoms with Crippen molar-refractivity contribution >= 4 is 38.3 Å². The summed E-state index contributed by atoms with van der Waals surface area (Å²) in [6.45, 7) is 5.98. The van der Waals surface area contributed by atoms with Gasteiger partial charge in [-0.1, -0.05) is 25.0 Å². The fourth-order valence-corrected chi connectivity index (χ4v) is 3.07. The van der Waals surface area contributed by atoms with E-state index >= 15 is 0 Å². The third-order valence-electron chi connectivity index (χ3n) is 4.60. The Balaban J connectivity index is 0.000000296. The third kappa shape index (κ3) is 12.5. The molecule has 0 amide bonds. The summed E-state index contributed by atoms with van der Waals surface area (Å²) < 4.78 is 34.1. The van der Waals surface area contributed by atoms with E-state index in [0.717, 1.165) is 36.5 Å². The van der Waals surface area contributed by atoms with Crippen molar-refractivity contribution in [3.63, 3.8) is 0 Å². The zero-order chi connectivity index (χ0) is 25.5. The minimum Gasteiger partial charge on any atom is -0.494 e. The first-order valence-corrected chi connectivity index (χ1v) is 12.4. The number of ether oxygens (including phenoxy) is 1. The van der Waals surface area contributed by atoms with Crippen LogP contribution >= 0.6 is 11.6 Å². The van der Waals surface area contributed by atoms with Gasteiger partial charge in [-0.2, -0.15) is 13.2 Å². The first kappa shape index (κ1) is 29.4. The molecule has 0 aliphatic rings. The number of furan rings is 1. The molecule has 0 saturated carbocycles. The summed E-state index contributed by atoms with van der Waals surface area (Å²) in [6, 6.07) is 15.3. The van der Waals surface area contributed by atoms with Crippen LogP contribution in [0.3, 0.4) is 0 Å². The van der Waals surface area contributed by atoms with Gasteiger partial charge >= 0.3 is 10.5 Å². The van der Waals surface area contributed by atoms with Crippen LogP contribution < -0.4 is 4.74 Å². The van der Waals surface area contributed by atoms with E-state index in [4.69, 9.17) is 34.0 Å². The molecule has 0 atom stereocenters. The minimum absolute atomic E-state index is 0.445. The Hall–Kier alpha value is -2.68. The predicted octanol–water partition coefficient (Wildman–Crippen LogP) is 6.11. The number of halogens is 1. The van der Waals surface area contributed by atoms with Crippen LogP contribution in [0, 0.1) is 11.7 Å². The van der Waals surface area contributed by atoms with Crippen LogP contribution in [0.2, 0.25) is 0 Å². The van der Waals surface area contributed by atoms with Crippen molar-refractivity contribution in [3.05, 3.63) is 65.4 Å². The molecule has 0 aliphatic heterocycles. The molecular formula is C25H33ClN2O5S. The standard InChI is InChI=1S/C13H16O.C12H16ClNO2.HNO2S/c1-3-4-5-12-9-11-8-10(2)6-7-13(11)14-12;1-14(2)8-3-9-16-11-6-4-10(5-7-11)12(13)15;1-4(2)3/h6-9H,3-5H2,1-2H3;4-7H,3,8-9H2,1-2H3;1H. The van der Waals surface area contributed by atoms with E-state index in [1.54, 1.807) is 24.3 Å². The number of carbonyl (C=O) groups is 1. The number of rotatable bonds is 9. The maximum atomic E-state index is 10.8. The molecule has 0 aliphatic carbocycles. The Morgan fingerprint density at radius 1 is 1.09 bits per heavy atom. The number of hydrogen-bond acceptors (Lipinski definition) is 7. The lowest BCUT2D eigenvalue weighted by atomic mass is 10.1. The highest BCUT2D eigenvalue weighted by Gasteiger charge is 2.03. The van der Waals surface area contributed by atoms with Crippen LogP contribution in [0.1, 0.15) is 47.9 Å². The molecule has 34 heavy (non-hydrogen) atoms. The average Bonchev–Trinajstić information content (AvgIpc) is 3.17. The molecule has 0 radical (unpaired) electrons. The van der Waals surface area contributed by atoms with Gasteiger partial charge in [0.25, 0.3) is 5.24 Å². The van der Waals surface area contributed by atoms with Gasteiger partial charge in [0.05, 0.1) is 6.61 Å². The SMILES string of the molecule is CCCCc1cc2cc(C)ccc2o1.CN(C)CCCOc1ccc(C(=O)Cl)cc1.N=S(=O)=O. The van der Waals surface area contributed by atoms with E-state index in [1.165, 1.54) is 23.8 Å². The van der Waals surface area contributed by atoms with Crippen LogP contribution in [0.25, 0.3) is 11.0 Å². The Bertz CT molecular complexity index is 1120. The quantitative estimate of drug-likeness (QED) is 0.276. The second-order valence-corrected chi connectivity index (χ2v) is 8.71. The number of carbonyl (C=O) groups excluding carboxylic acids is 1. The van der Waals surface area contributed by atoms with Gasteiger partial charge in [-0.3, -0.25) is 4.79 Å². The molecule has 1 N–H and O–H groups in total. The molecule has 0 bridgehead atoms. The number of nitrogens with zero attached hydrogens (tertiary/aromatic N) is 1. The lowest BCUT2D eigenvalue weighted by molar-refractivity contribution is 0.108. The summed E-state index contributed by atoms with van der Waals surface area (Å²) in [7, 11) is 1.45. The summed E-state index contributed by atoms with van der Waals surface area (Å²) >= 11 is 5.33. The normalized spacial score (nSPS) is 10.2. The van der Waals surface area contributed by atoms with E-state index in [-0.39, 0.29) is 0 Å². The number of nitrogens with one attached hydrogen (secondary N) is 1. The van der Waals surface area contributed by atoms with E-state index in [0.29, 0.717) is 12.2 Å². The third-order valence-corrected chi connectivity index (χ3v) is 4.82. The summed E-state index contributed by atoms with van der Waals surface area (Å²) in [4.78, 5) is 12.9. The van der Waals surface area contributed by atoms with Gasteiger partial charge < -0.3 is 14.1 Å². The van der Waals surface area contributed by atoms with Crippen LogP contribution in [0.5, 0.6) is 5.75 Å². The molecule has 1 aromatic heterocycles. The van der Waals surface area contributed by atoms with Gasteiger partial charge in [0.15, 0.2) is 0 Å². The molecule has 186 valence electrons. The lowest BCUT2D eigenvalue weighted by Gasteiger charge is -2.10. The first-order chi connectivity index (χ1) is 16.1. The van der Waals surface area contributed by atoms with Gasteiger partial charge in [-0.15, -0.1) is 0 Å². The van der Waals surface area contributed by atoms with Gasteiger partial charge in [0, 0.05) is 23.9 Å². The van der Waals surface area contributed by atoms with E-state index in [2.05, 4.69) is 43.0 Å². The molecule has 7 nitrogen and oxygen atoms in total. The smallest absolute Gasteiger partial charge is 0.308 e. The molecule has 9 heteroatoms. The van der Waals surface area contributed by atoms with E-state index in [1.807, 2.05) is 14.1 Å². The van der Waals surface area contributed by atoms with Gasteiger partial charge in [-0.05, 0) is 87.9 Å². The Morgan fingerprint density at radius 2 is 1.74 bits per heavy atom. The predicted molar refractivity (Wildman–Crippen MR) is 136 cm³/mol. The summed E-state index contributed by atoms with van der Waals surface area (Å²) in [6.07, 6.45) is 4.46. The van der Waals surface area contributed by atoms with Crippen LogP contribution in [-0.4, -0.2) is 45.8 Å². The fraction of sp³-hybridized carbons (Fsp3) is 0.400. The molecule has 0 fully saturated rings. The van der Waals surface area contributed by atoms with Gasteiger partial charge in [0.2, 0.25) is 0 Å². The number of fused-ring (bicyclic) bond motifs is 1. The lowest BCUT2D eigenvalue weighted by Crippen LogP contribution is -2.15. The van der Waals surface area contributed by atoms with E-state index in [9.17, 15) is 4.79 Å². The average molecular weight is 509 g/mol. The summed E-state index contributed by atoms with van der Waals surface area (Å²) in [5, 5.41) is 0.787. The second-order valence-electron chi connectivity index (χ2n) is 7.90. The molecule has 0 spiro atoms. The topological polar surface area (TPSA) is 101 Å². The van der Waals surface area contributed by atoms with Crippen molar-refractivity contribution in [1.82, 2.24) is 4.90 Å². The molecule has 2 aromatic carbocycles. The van der Waals surface area contributed by atoms with Crippen LogP contribution in [0.15, 0.2) is 52.9 Å². The number of hydrogen-bond donors (Lipinski definition) is 1. The maximum absolute atomic E-state index is 10.8. The monoisotopic (exact) mass is 508 g/mol. The number of aryl methyl sites for hydroxylation is 2.